The third-order valence-corrected chi connectivity index (χ3v) is 5.45. The van der Waals surface area contributed by atoms with Crippen LogP contribution in [-0.2, 0) is 0 Å². The van der Waals surface area contributed by atoms with E-state index in [1.54, 1.807) is 0 Å². The molecule has 0 spiro atoms. The SMILES string of the molecule is CCCCCCCCCCCC(C)CC(O)(CC)C1CC1. The van der Waals surface area contributed by atoms with E-state index >= 15 is 0 Å². The largest absolute Gasteiger partial charge is 0.390 e. The van der Waals surface area contributed by atoms with Crippen LogP contribution in [0, 0.1) is 11.8 Å². The third kappa shape index (κ3) is 8.24. The lowest BCUT2D eigenvalue weighted by Gasteiger charge is -2.30. The molecule has 1 saturated carbocycles. The normalized spacial score (nSPS) is 19.4. The van der Waals surface area contributed by atoms with E-state index in [-0.39, 0.29) is 5.60 Å². The average Bonchev–Trinajstić information content (AvgIpc) is 3.30. The topological polar surface area (TPSA) is 20.2 Å². The van der Waals surface area contributed by atoms with Crippen LogP contribution in [0.1, 0.15) is 111 Å². The molecule has 0 saturated heterocycles. The number of unbranched alkanes of at least 4 members (excludes halogenated alkanes) is 8. The molecule has 2 unspecified atom stereocenters. The van der Waals surface area contributed by atoms with E-state index in [9.17, 15) is 5.11 Å². The Hall–Kier alpha value is -0.0400. The minimum absolute atomic E-state index is 0.335. The number of aliphatic hydroxyl groups is 1. The van der Waals surface area contributed by atoms with Gasteiger partial charge in [0.25, 0.3) is 0 Å². The van der Waals surface area contributed by atoms with Gasteiger partial charge in [-0.15, -0.1) is 0 Å². The summed E-state index contributed by atoms with van der Waals surface area (Å²) in [6.07, 6.45) is 18.5. The molecule has 1 aliphatic rings. The maximum Gasteiger partial charge on any atom is 0.0675 e. The number of hydrogen-bond acceptors (Lipinski definition) is 1. The molecule has 0 heterocycles. The predicted octanol–water partition coefficient (Wildman–Crippen LogP) is 6.48. The smallest absolute Gasteiger partial charge is 0.0675 e. The summed E-state index contributed by atoms with van der Waals surface area (Å²) in [6.45, 7) is 6.78. The van der Waals surface area contributed by atoms with Crippen molar-refractivity contribution < 1.29 is 5.11 Å². The zero-order valence-corrected chi connectivity index (χ0v) is 15.0. The molecule has 1 rings (SSSR count). The van der Waals surface area contributed by atoms with Gasteiger partial charge in [-0.25, -0.2) is 0 Å². The highest BCUT2D eigenvalue weighted by molar-refractivity contribution is 4.94. The Kier molecular flexibility index (Phi) is 9.64. The van der Waals surface area contributed by atoms with Crippen molar-refractivity contribution >= 4 is 0 Å². The molecule has 1 nitrogen and oxygen atoms in total. The summed E-state index contributed by atoms with van der Waals surface area (Å²) >= 11 is 0. The van der Waals surface area contributed by atoms with Crippen LogP contribution in [0.15, 0.2) is 0 Å². The van der Waals surface area contributed by atoms with Gasteiger partial charge in [-0.1, -0.05) is 85.0 Å². The summed E-state index contributed by atoms with van der Waals surface area (Å²) in [7, 11) is 0. The first-order valence-corrected chi connectivity index (χ1v) is 9.84. The van der Waals surface area contributed by atoms with Gasteiger partial charge in [0.05, 0.1) is 5.60 Å². The fourth-order valence-electron chi connectivity index (χ4n) is 3.73. The van der Waals surface area contributed by atoms with Crippen molar-refractivity contribution in [1.29, 1.82) is 0 Å². The molecule has 0 aromatic carbocycles. The maximum absolute atomic E-state index is 10.7. The van der Waals surface area contributed by atoms with Crippen LogP contribution >= 0.6 is 0 Å². The Balaban J connectivity index is 1.94. The molecule has 0 amide bonds. The van der Waals surface area contributed by atoms with Crippen molar-refractivity contribution in [3.63, 3.8) is 0 Å². The van der Waals surface area contributed by atoms with Gasteiger partial charge in [0.2, 0.25) is 0 Å². The van der Waals surface area contributed by atoms with Crippen LogP contribution in [0.2, 0.25) is 0 Å². The van der Waals surface area contributed by atoms with E-state index in [1.807, 2.05) is 0 Å². The molecule has 21 heavy (non-hydrogen) atoms. The van der Waals surface area contributed by atoms with Crippen LogP contribution in [0.3, 0.4) is 0 Å². The number of rotatable bonds is 14. The molecule has 2 atom stereocenters. The highest BCUT2D eigenvalue weighted by atomic mass is 16.3. The van der Waals surface area contributed by atoms with E-state index in [0.717, 1.165) is 12.8 Å². The standard InChI is InChI=1S/C20H40O/c1-4-6-7-8-9-10-11-12-13-14-18(3)17-20(21,5-2)19-15-16-19/h18-19,21H,4-17H2,1-3H3. The lowest BCUT2D eigenvalue weighted by atomic mass is 9.83. The van der Waals surface area contributed by atoms with E-state index < -0.39 is 0 Å². The Labute approximate surface area is 133 Å². The van der Waals surface area contributed by atoms with Gasteiger partial charge < -0.3 is 5.11 Å². The molecule has 0 bridgehead atoms. The van der Waals surface area contributed by atoms with E-state index in [0.29, 0.717) is 11.8 Å². The summed E-state index contributed by atoms with van der Waals surface area (Å²) in [5.41, 5.74) is -0.335. The first kappa shape index (κ1) is 19.0. The van der Waals surface area contributed by atoms with Gasteiger partial charge in [0.15, 0.2) is 0 Å². The van der Waals surface area contributed by atoms with Crippen molar-refractivity contribution in [1.82, 2.24) is 0 Å². The fraction of sp³-hybridized carbons (Fsp3) is 1.00. The van der Waals surface area contributed by atoms with Crippen LogP contribution in [0.25, 0.3) is 0 Å². The van der Waals surface area contributed by atoms with Crippen LogP contribution < -0.4 is 0 Å². The lowest BCUT2D eigenvalue weighted by molar-refractivity contribution is -0.00882. The van der Waals surface area contributed by atoms with Crippen molar-refractivity contribution in [3.8, 4) is 0 Å². The van der Waals surface area contributed by atoms with Gasteiger partial charge in [0, 0.05) is 0 Å². The molecular formula is C20H40O. The quantitative estimate of drug-likeness (QED) is 0.363. The molecule has 1 aliphatic carbocycles. The Morgan fingerprint density at radius 3 is 1.90 bits per heavy atom. The van der Waals surface area contributed by atoms with Gasteiger partial charge in [-0.3, -0.25) is 0 Å². The predicted molar refractivity (Wildman–Crippen MR) is 93.6 cm³/mol. The van der Waals surface area contributed by atoms with E-state index in [1.165, 1.54) is 77.0 Å². The van der Waals surface area contributed by atoms with Gasteiger partial charge in [0.1, 0.15) is 0 Å². The average molecular weight is 297 g/mol. The first-order valence-electron chi connectivity index (χ1n) is 9.84. The highest BCUT2D eigenvalue weighted by Crippen LogP contribution is 2.45. The molecule has 1 heteroatoms. The van der Waals surface area contributed by atoms with Gasteiger partial charge in [-0.2, -0.15) is 0 Å². The van der Waals surface area contributed by atoms with Crippen molar-refractivity contribution in [2.75, 3.05) is 0 Å². The highest BCUT2D eigenvalue weighted by Gasteiger charge is 2.42. The number of hydrogen-bond donors (Lipinski definition) is 1. The summed E-state index contributed by atoms with van der Waals surface area (Å²) in [5.74, 6) is 1.31. The molecule has 0 aromatic heterocycles. The third-order valence-electron chi connectivity index (χ3n) is 5.45. The van der Waals surface area contributed by atoms with E-state index in [4.69, 9.17) is 0 Å². The lowest BCUT2D eigenvalue weighted by Crippen LogP contribution is -2.32. The Morgan fingerprint density at radius 2 is 1.43 bits per heavy atom. The second-order valence-corrected chi connectivity index (χ2v) is 7.66. The summed E-state index contributed by atoms with van der Waals surface area (Å²) < 4.78 is 0. The minimum atomic E-state index is -0.335. The fourth-order valence-corrected chi connectivity index (χ4v) is 3.73. The summed E-state index contributed by atoms with van der Waals surface area (Å²) in [5, 5.41) is 10.7. The maximum atomic E-state index is 10.7. The monoisotopic (exact) mass is 296 g/mol. The molecule has 126 valence electrons. The second kappa shape index (κ2) is 10.6. The second-order valence-electron chi connectivity index (χ2n) is 7.66. The van der Waals surface area contributed by atoms with E-state index in [2.05, 4.69) is 20.8 Å². The molecule has 0 radical (unpaired) electrons. The molecule has 1 N–H and O–H groups in total. The van der Waals surface area contributed by atoms with Gasteiger partial charge in [-0.05, 0) is 37.5 Å². The zero-order valence-electron chi connectivity index (χ0n) is 15.0. The van der Waals surface area contributed by atoms with Gasteiger partial charge >= 0.3 is 0 Å². The summed E-state index contributed by atoms with van der Waals surface area (Å²) in [6, 6.07) is 0. The molecule has 1 fully saturated rings. The van der Waals surface area contributed by atoms with Crippen molar-refractivity contribution in [3.05, 3.63) is 0 Å². The minimum Gasteiger partial charge on any atom is -0.390 e. The Bertz CT molecular complexity index is 246. The zero-order chi connectivity index (χ0) is 15.6. The molecule has 0 aromatic rings. The van der Waals surface area contributed by atoms with Crippen molar-refractivity contribution in [2.45, 2.75) is 116 Å². The Morgan fingerprint density at radius 1 is 0.905 bits per heavy atom. The molecular weight excluding hydrogens is 256 g/mol. The summed E-state index contributed by atoms with van der Waals surface area (Å²) in [4.78, 5) is 0. The van der Waals surface area contributed by atoms with Crippen LogP contribution in [-0.4, -0.2) is 10.7 Å². The first-order chi connectivity index (χ1) is 10.1. The van der Waals surface area contributed by atoms with Crippen LogP contribution in [0.4, 0.5) is 0 Å². The van der Waals surface area contributed by atoms with Crippen molar-refractivity contribution in [2.24, 2.45) is 11.8 Å². The molecule has 0 aliphatic heterocycles. The van der Waals surface area contributed by atoms with Crippen LogP contribution in [0.5, 0.6) is 0 Å².